The Balaban J connectivity index is 2.59. The molecule has 0 aliphatic carbocycles. The summed E-state index contributed by atoms with van der Waals surface area (Å²) in [7, 11) is 3.95. The fourth-order valence-corrected chi connectivity index (χ4v) is 3.18. The highest BCUT2D eigenvalue weighted by molar-refractivity contribution is 8.10. The van der Waals surface area contributed by atoms with Crippen molar-refractivity contribution in [1.29, 1.82) is 0 Å². The molecule has 1 saturated heterocycles. The monoisotopic (exact) mass is 236 g/mol. The number of nitrogens with zero attached hydrogens (tertiary/aromatic N) is 1. The number of hydrogen-bond donors (Lipinski definition) is 1. The second kappa shape index (κ2) is 4.18. The van der Waals surface area contributed by atoms with E-state index >= 15 is 0 Å². The van der Waals surface area contributed by atoms with E-state index in [1.807, 2.05) is 18.8 Å². The Morgan fingerprint density at radius 2 is 2.00 bits per heavy atom. The molecule has 0 aromatic rings. The summed E-state index contributed by atoms with van der Waals surface area (Å²) in [5.74, 6) is 0.554. The molecular weight excluding hydrogens is 215 g/mol. The SMILES string of the molecule is CN(C)P1(=S)NCC(C(C)(C)C)CO1. The summed E-state index contributed by atoms with van der Waals surface area (Å²) in [5, 5.41) is 3.38. The van der Waals surface area contributed by atoms with Crippen LogP contribution in [-0.4, -0.2) is 31.9 Å². The molecule has 0 spiro atoms. The van der Waals surface area contributed by atoms with Crippen molar-refractivity contribution in [3.63, 3.8) is 0 Å². The van der Waals surface area contributed by atoms with Crippen molar-refractivity contribution in [3.05, 3.63) is 0 Å². The molecule has 1 aliphatic heterocycles. The molecule has 1 N–H and O–H groups in total. The van der Waals surface area contributed by atoms with Gasteiger partial charge in [-0.15, -0.1) is 0 Å². The minimum absolute atomic E-state index is 0.292. The highest BCUT2D eigenvalue weighted by Gasteiger charge is 2.34. The molecular formula is C9H21N2OPS. The van der Waals surface area contributed by atoms with E-state index in [1.54, 1.807) is 0 Å². The highest BCUT2D eigenvalue weighted by Crippen LogP contribution is 2.49. The summed E-state index contributed by atoms with van der Waals surface area (Å²) in [6, 6.07) is 0. The maximum Gasteiger partial charge on any atom is 0.200 e. The largest absolute Gasteiger partial charge is 0.326 e. The molecule has 0 amide bonds. The van der Waals surface area contributed by atoms with Crippen LogP contribution in [-0.2, 0) is 16.3 Å². The van der Waals surface area contributed by atoms with Crippen LogP contribution in [0, 0.1) is 11.3 Å². The van der Waals surface area contributed by atoms with Crippen LogP contribution in [0.15, 0.2) is 0 Å². The van der Waals surface area contributed by atoms with Gasteiger partial charge in [-0.25, -0.2) is 4.67 Å². The molecule has 0 radical (unpaired) electrons. The molecule has 1 heterocycles. The summed E-state index contributed by atoms with van der Waals surface area (Å²) in [6.07, 6.45) is 0. The lowest BCUT2D eigenvalue weighted by Crippen LogP contribution is -2.41. The first-order chi connectivity index (χ1) is 6.26. The van der Waals surface area contributed by atoms with Gasteiger partial charge in [0.1, 0.15) is 0 Å². The minimum atomic E-state index is -1.88. The van der Waals surface area contributed by atoms with E-state index < -0.39 is 6.57 Å². The van der Waals surface area contributed by atoms with E-state index in [0.29, 0.717) is 11.3 Å². The molecule has 0 bridgehead atoms. The summed E-state index contributed by atoms with van der Waals surface area (Å²) < 4.78 is 7.81. The first-order valence-corrected chi connectivity index (χ1v) is 7.60. The van der Waals surface area contributed by atoms with Crippen LogP contribution in [0.25, 0.3) is 0 Å². The van der Waals surface area contributed by atoms with Gasteiger partial charge in [0.15, 0.2) is 6.57 Å². The maximum absolute atomic E-state index is 5.81. The van der Waals surface area contributed by atoms with Gasteiger partial charge < -0.3 is 4.52 Å². The molecule has 0 saturated carbocycles. The van der Waals surface area contributed by atoms with E-state index in [9.17, 15) is 0 Å². The normalized spacial score (nSPS) is 34.9. The smallest absolute Gasteiger partial charge is 0.200 e. The van der Waals surface area contributed by atoms with Crippen LogP contribution in [0.4, 0.5) is 0 Å². The van der Waals surface area contributed by atoms with Crippen molar-refractivity contribution in [1.82, 2.24) is 9.76 Å². The lowest BCUT2D eigenvalue weighted by molar-refractivity contribution is 0.131. The van der Waals surface area contributed by atoms with Gasteiger partial charge in [0, 0.05) is 12.5 Å². The average Bonchev–Trinajstić information content (AvgIpc) is 2.03. The van der Waals surface area contributed by atoms with E-state index in [2.05, 4.69) is 25.9 Å². The summed E-state index contributed by atoms with van der Waals surface area (Å²) >= 11 is 5.46. The van der Waals surface area contributed by atoms with Gasteiger partial charge in [0.05, 0.1) is 6.61 Å². The Hall–Kier alpha value is 0.530. The number of rotatable bonds is 1. The van der Waals surface area contributed by atoms with Crippen molar-refractivity contribution >= 4 is 18.4 Å². The van der Waals surface area contributed by atoms with Gasteiger partial charge in [-0.2, -0.15) is 0 Å². The third-order valence-electron chi connectivity index (χ3n) is 2.74. The molecule has 14 heavy (non-hydrogen) atoms. The van der Waals surface area contributed by atoms with Crippen molar-refractivity contribution < 1.29 is 4.52 Å². The van der Waals surface area contributed by atoms with Gasteiger partial charge in [0.2, 0.25) is 0 Å². The molecule has 2 unspecified atom stereocenters. The van der Waals surface area contributed by atoms with Crippen LogP contribution in [0.5, 0.6) is 0 Å². The Labute approximate surface area is 92.4 Å². The molecule has 0 aromatic carbocycles. The quantitative estimate of drug-likeness (QED) is 0.704. The zero-order chi connectivity index (χ0) is 11.0. The Morgan fingerprint density at radius 1 is 1.43 bits per heavy atom. The lowest BCUT2D eigenvalue weighted by Gasteiger charge is -2.41. The Morgan fingerprint density at radius 3 is 2.29 bits per heavy atom. The summed E-state index contributed by atoms with van der Waals surface area (Å²) in [4.78, 5) is 0. The van der Waals surface area contributed by atoms with Crippen molar-refractivity contribution in [2.45, 2.75) is 20.8 Å². The number of hydrogen-bond acceptors (Lipinski definition) is 2. The molecule has 3 nitrogen and oxygen atoms in total. The zero-order valence-electron chi connectivity index (χ0n) is 9.70. The second-order valence-electron chi connectivity index (χ2n) is 5.09. The molecule has 5 heteroatoms. The third kappa shape index (κ3) is 2.77. The molecule has 84 valence electrons. The van der Waals surface area contributed by atoms with Crippen molar-refractivity contribution in [2.24, 2.45) is 11.3 Å². The van der Waals surface area contributed by atoms with Crippen LogP contribution < -0.4 is 5.09 Å². The molecule has 1 fully saturated rings. The van der Waals surface area contributed by atoms with Crippen LogP contribution in [0.1, 0.15) is 20.8 Å². The fourth-order valence-electron chi connectivity index (χ4n) is 1.33. The van der Waals surface area contributed by atoms with Crippen molar-refractivity contribution in [3.8, 4) is 0 Å². The molecule has 0 aromatic heterocycles. The predicted octanol–water partition coefficient (Wildman–Crippen LogP) is 2.05. The summed E-state index contributed by atoms with van der Waals surface area (Å²) in [5.41, 5.74) is 0.292. The van der Waals surface area contributed by atoms with E-state index in [1.165, 1.54) is 0 Å². The van der Waals surface area contributed by atoms with E-state index in [0.717, 1.165) is 13.2 Å². The van der Waals surface area contributed by atoms with Gasteiger partial charge in [-0.3, -0.25) is 5.09 Å². The standard InChI is InChI=1S/C9H21N2OPS/c1-9(2,3)8-6-10-13(14,11(4)5)12-7-8/h8H,6-7H2,1-5H3,(H,10,14). The van der Waals surface area contributed by atoms with Crippen LogP contribution >= 0.6 is 6.57 Å². The number of nitrogens with one attached hydrogen (secondary N) is 1. The Kier molecular flexibility index (Phi) is 3.77. The first-order valence-electron chi connectivity index (χ1n) is 4.93. The zero-order valence-corrected chi connectivity index (χ0v) is 11.4. The topological polar surface area (TPSA) is 24.5 Å². The van der Waals surface area contributed by atoms with E-state index in [-0.39, 0.29) is 0 Å². The summed E-state index contributed by atoms with van der Waals surface area (Å²) in [6.45, 7) is 6.61. The first kappa shape index (κ1) is 12.6. The Bertz CT molecular complexity index is 238. The molecule has 2 atom stereocenters. The second-order valence-corrected chi connectivity index (χ2v) is 8.99. The fraction of sp³-hybridized carbons (Fsp3) is 1.00. The predicted molar refractivity (Wildman–Crippen MR) is 64.9 cm³/mol. The molecule has 1 aliphatic rings. The van der Waals surface area contributed by atoms with Gasteiger partial charge in [0.25, 0.3) is 0 Å². The van der Waals surface area contributed by atoms with E-state index in [4.69, 9.17) is 16.3 Å². The molecule has 1 rings (SSSR count). The maximum atomic E-state index is 5.81. The minimum Gasteiger partial charge on any atom is -0.326 e. The van der Waals surface area contributed by atoms with Crippen molar-refractivity contribution in [2.75, 3.05) is 27.2 Å². The lowest BCUT2D eigenvalue weighted by atomic mass is 9.81. The van der Waals surface area contributed by atoms with Crippen LogP contribution in [0.2, 0.25) is 0 Å². The highest BCUT2D eigenvalue weighted by atomic mass is 32.5. The van der Waals surface area contributed by atoms with Crippen LogP contribution in [0.3, 0.4) is 0 Å². The average molecular weight is 236 g/mol. The van der Waals surface area contributed by atoms with Gasteiger partial charge in [-0.05, 0) is 31.3 Å². The van der Waals surface area contributed by atoms with Gasteiger partial charge >= 0.3 is 0 Å². The van der Waals surface area contributed by atoms with Gasteiger partial charge in [-0.1, -0.05) is 20.8 Å². The third-order valence-corrected chi connectivity index (χ3v) is 6.56.